The molecule has 1 unspecified atom stereocenters. The van der Waals surface area contributed by atoms with Gasteiger partial charge < -0.3 is 26.3 Å². The van der Waals surface area contributed by atoms with Crippen molar-refractivity contribution in [3.8, 4) is 0 Å². The van der Waals surface area contributed by atoms with Crippen molar-refractivity contribution in [1.82, 2.24) is 26.3 Å². The summed E-state index contributed by atoms with van der Waals surface area (Å²) in [7, 11) is 0. The lowest BCUT2D eigenvalue weighted by Crippen LogP contribution is -2.55. The SMILES string of the molecule is O=C(NC1CCCCC1)C(=O)C(C[C@@H]1CCNC1=O)NC(=O)[C@H](Cc1ccccc1)NC(=O)c1cc2ccc(F)cc2[nH]1. The highest BCUT2D eigenvalue weighted by Crippen LogP contribution is 2.20. The number of carbonyl (C=O) groups is 5. The van der Waals surface area contributed by atoms with E-state index in [2.05, 4.69) is 26.3 Å². The maximum Gasteiger partial charge on any atom is 0.289 e. The van der Waals surface area contributed by atoms with E-state index < -0.39 is 47.3 Å². The Balaban J connectivity index is 1.35. The van der Waals surface area contributed by atoms with Gasteiger partial charge in [-0.25, -0.2) is 4.39 Å². The van der Waals surface area contributed by atoms with Crippen molar-refractivity contribution in [2.24, 2.45) is 5.92 Å². The Bertz CT molecular complexity index is 1500. The number of nitrogens with one attached hydrogen (secondary N) is 5. The largest absolute Gasteiger partial charge is 0.356 e. The van der Waals surface area contributed by atoms with Crippen LogP contribution in [0.2, 0.25) is 0 Å². The second-order valence-electron chi connectivity index (χ2n) is 11.4. The zero-order chi connectivity index (χ0) is 30.3. The highest BCUT2D eigenvalue weighted by atomic mass is 19.1. The van der Waals surface area contributed by atoms with Gasteiger partial charge in [-0.15, -0.1) is 0 Å². The van der Waals surface area contributed by atoms with Crippen molar-refractivity contribution in [2.45, 2.75) is 69.5 Å². The normalized spacial score (nSPS) is 18.4. The van der Waals surface area contributed by atoms with Gasteiger partial charge in [0.1, 0.15) is 17.6 Å². The minimum absolute atomic E-state index is 0.0337. The van der Waals surface area contributed by atoms with Gasteiger partial charge in [0.2, 0.25) is 17.6 Å². The van der Waals surface area contributed by atoms with Crippen molar-refractivity contribution in [3.05, 3.63) is 71.7 Å². The summed E-state index contributed by atoms with van der Waals surface area (Å²) in [6.45, 7) is 0.452. The number of H-pyrrole nitrogens is 1. The molecule has 5 rings (SSSR count). The molecule has 5 N–H and O–H groups in total. The van der Waals surface area contributed by atoms with Gasteiger partial charge in [-0.1, -0.05) is 49.6 Å². The summed E-state index contributed by atoms with van der Waals surface area (Å²) < 4.78 is 13.7. The number of carbonyl (C=O) groups excluding carboxylic acids is 5. The van der Waals surface area contributed by atoms with Gasteiger partial charge in [-0.2, -0.15) is 0 Å². The van der Waals surface area contributed by atoms with Gasteiger partial charge in [-0.05, 0) is 55.5 Å². The predicted octanol–water partition coefficient (Wildman–Crippen LogP) is 2.68. The van der Waals surface area contributed by atoms with E-state index in [9.17, 15) is 28.4 Å². The van der Waals surface area contributed by atoms with Gasteiger partial charge in [0.25, 0.3) is 11.8 Å². The number of hydrogen-bond donors (Lipinski definition) is 5. The van der Waals surface area contributed by atoms with Crippen LogP contribution in [-0.4, -0.2) is 59.1 Å². The Kier molecular flexibility index (Phi) is 9.48. The third-order valence-electron chi connectivity index (χ3n) is 8.21. The quantitative estimate of drug-likeness (QED) is 0.218. The minimum atomic E-state index is -1.25. The number of Topliss-reactive ketones (excluding diaryl/α,β-unsaturated/α-hetero) is 1. The Labute approximate surface area is 248 Å². The summed E-state index contributed by atoms with van der Waals surface area (Å²) in [5, 5.41) is 11.6. The number of rotatable bonds is 11. The van der Waals surface area contributed by atoms with Gasteiger partial charge in [0.05, 0.1) is 6.04 Å². The molecule has 10 nitrogen and oxygen atoms in total. The molecule has 43 heavy (non-hydrogen) atoms. The van der Waals surface area contributed by atoms with Crippen molar-refractivity contribution in [3.63, 3.8) is 0 Å². The highest BCUT2D eigenvalue weighted by Gasteiger charge is 2.36. The standard InChI is InChI=1S/C32H36FN5O5/c33-22-12-11-20-16-27(36-24(20)18-22)31(42)38-26(15-19-7-3-1-4-8-19)30(41)37-25(17-21-13-14-34-29(21)40)28(39)32(43)35-23-9-5-2-6-10-23/h1,3-4,7-8,11-12,16,18,21,23,25-26,36H,2,5-6,9-10,13-15,17H2,(H,34,40)(H,35,43)(H,37,41)(H,38,42)/t21-,25?,26-/m0/s1. The van der Waals surface area contributed by atoms with E-state index in [-0.39, 0.29) is 30.5 Å². The summed E-state index contributed by atoms with van der Waals surface area (Å²) in [6, 6.07) is 12.2. The molecule has 0 radical (unpaired) electrons. The first-order valence-corrected chi connectivity index (χ1v) is 14.8. The molecule has 2 fully saturated rings. The Hall–Kier alpha value is -4.54. The molecule has 11 heteroatoms. The molecule has 2 aromatic carbocycles. The summed E-state index contributed by atoms with van der Waals surface area (Å²) in [5.41, 5.74) is 1.32. The molecule has 3 atom stereocenters. The maximum atomic E-state index is 13.7. The van der Waals surface area contributed by atoms with Crippen LogP contribution in [0.1, 0.15) is 61.0 Å². The zero-order valence-electron chi connectivity index (χ0n) is 23.8. The van der Waals surface area contributed by atoms with Crippen LogP contribution >= 0.6 is 0 Å². The fraction of sp³-hybridized carbons (Fsp3) is 0.406. The first-order chi connectivity index (χ1) is 20.8. The molecule has 1 saturated heterocycles. The fourth-order valence-corrected chi connectivity index (χ4v) is 5.84. The summed E-state index contributed by atoms with van der Waals surface area (Å²) in [4.78, 5) is 68.7. The maximum absolute atomic E-state index is 13.7. The number of amides is 4. The van der Waals surface area contributed by atoms with Crippen LogP contribution < -0.4 is 21.3 Å². The molecule has 226 valence electrons. The van der Waals surface area contributed by atoms with E-state index in [4.69, 9.17) is 0 Å². The van der Waals surface area contributed by atoms with Gasteiger partial charge in [-0.3, -0.25) is 24.0 Å². The summed E-state index contributed by atoms with van der Waals surface area (Å²) in [5.74, 6) is -4.09. The molecule has 3 aromatic rings. The lowest BCUT2D eigenvalue weighted by atomic mass is 9.93. The van der Waals surface area contributed by atoms with Crippen LogP contribution in [0, 0.1) is 11.7 Å². The highest BCUT2D eigenvalue weighted by molar-refractivity contribution is 6.38. The lowest BCUT2D eigenvalue weighted by Gasteiger charge is -2.26. The van der Waals surface area contributed by atoms with Crippen LogP contribution in [0.3, 0.4) is 0 Å². The topological polar surface area (TPSA) is 149 Å². The lowest BCUT2D eigenvalue weighted by molar-refractivity contribution is -0.141. The average molecular weight is 590 g/mol. The number of aromatic nitrogens is 1. The molecule has 2 aliphatic rings. The van der Waals surface area contributed by atoms with E-state index in [1.807, 2.05) is 6.07 Å². The Morgan fingerprint density at radius 2 is 1.67 bits per heavy atom. The van der Waals surface area contributed by atoms with Crippen molar-refractivity contribution >= 4 is 40.3 Å². The first kappa shape index (κ1) is 29.9. The van der Waals surface area contributed by atoms with Crippen molar-refractivity contribution in [2.75, 3.05) is 6.54 Å². The summed E-state index contributed by atoms with van der Waals surface area (Å²) >= 11 is 0. The van der Waals surface area contributed by atoms with E-state index >= 15 is 0 Å². The van der Waals surface area contributed by atoms with Gasteiger partial charge in [0, 0.05) is 35.8 Å². The molecule has 4 amide bonds. The van der Waals surface area contributed by atoms with E-state index in [1.165, 1.54) is 12.1 Å². The number of hydrogen-bond acceptors (Lipinski definition) is 5. The van der Waals surface area contributed by atoms with Crippen LogP contribution in [0.5, 0.6) is 0 Å². The third-order valence-corrected chi connectivity index (χ3v) is 8.21. The molecular formula is C32H36FN5O5. The van der Waals surface area contributed by atoms with Crippen LogP contribution in [-0.2, 0) is 25.6 Å². The fourth-order valence-electron chi connectivity index (χ4n) is 5.84. The molecule has 1 aliphatic carbocycles. The number of fused-ring (bicyclic) bond motifs is 1. The Morgan fingerprint density at radius 1 is 0.907 bits per heavy atom. The molecule has 1 aliphatic heterocycles. The predicted molar refractivity (Wildman–Crippen MR) is 157 cm³/mol. The number of aromatic amines is 1. The van der Waals surface area contributed by atoms with Gasteiger partial charge >= 0.3 is 0 Å². The number of benzene rings is 2. The van der Waals surface area contributed by atoms with Crippen LogP contribution in [0.15, 0.2) is 54.6 Å². The monoisotopic (exact) mass is 589 g/mol. The summed E-state index contributed by atoms with van der Waals surface area (Å²) in [6.07, 6.45) is 5.13. The van der Waals surface area contributed by atoms with Crippen molar-refractivity contribution in [1.29, 1.82) is 0 Å². The first-order valence-electron chi connectivity index (χ1n) is 14.8. The van der Waals surface area contributed by atoms with Crippen LogP contribution in [0.4, 0.5) is 4.39 Å². The smallest absolute Gasteiger partial charge is 0.289 e. The van der Waals surface area contributed by atoms with Gasteiger partial charge in [0.15, 0.2) is 0 Å². The Morgan fingerprint density at radius 3 is 2.40 bits per heavy atom. The van der Waals surface area contributed by atoms with E-state index in [0.29, 0.717) is 23.9 Å². The molecule has 1 saturated carbocycles. The zero-order valence-corrected chi connectivity index (χ0v) is 23.8. The minimum Gasteiger partial charge on any atom is -0.356 e. The van der Waals surface area contributed by atoms with Crippen molar-refractivity contribution < 1.29 is 28.4 Å². The molecule has 0 spiro atoms. The third kappa shape index (κ3) is 7.65. The van der Waals surface area contributed by atoms with Crippen LogP contribution in [0.25, 0.3) is 10.9 Å². The van der Waals surface area contributed by atoms with E-state index in [1.54, 1.807) is 36.4 Å². The number of ketones is 1. The number of halogens is 1. The molecule has 1 aromatic heterocycles. The molecule has 0 bridgehead atoms. The van der Waals surface area contributed by atoms with E-state index in [0.717, 1.165) is 37.7 Å². The second-order valence-corrected chi connectivity index (χ2v) is 11.4. The molecule has 2 heterocycles. The molecular weight excluding hydrogens is 553 g/mol. The second kappa shape index (κ2) is 13.6. The average Bonchev–Trinajstić information content (AvgIpc) is 3.62.